The van der Waals surface area contributed by atoms with Crippen LogP contribution < -0.4 is 14.8 Å². The first kappa shape index (κ1) is 14.6. The van der Waals surface area contributed by atoms with Crippen molar-refractivity contribution < 1.29 is 9.47 Å². The maximum Gasteiger partial charge on any atom is 0.163 e. The molecule has 0 bridgehead atoms. The molecule has 2 aliphatic heterocycles. The number of rotatable bonds is 3. The van der Waals surface area contributed by atoms with Gasteiger partial charge in [0, 0.05) is 23.9 Å². The average Bonchev–Trinajstić information content (AvgIpc) is 2.77. The second-order valence-electron chi connectivity index (χ2n) is 5.47. The lowest BCUT2D eigenvalue weighted by Gasteiger charge is -2.20. The van der Waals surface area contributed by atoms with E-state index in [1.165, 1.54) is 0 Å². The molecule has 0 radical (unpaired) electrons. The molecule has 0 atom stereocenters. The molecule has 4 nitrogen and oxygen atoms in total. The Kier molecular flexibility index (Phi) is 4.29. The number of fused-ring (bicyclic) bond motifs is 1. The molecule has 1 aromatic rings. The first-order valence-corrected chi connectivity index (χ1v) is 8.62. The largest absolute Gasteiger partial charge is 0.490 e. The van der Waals surface area contributed by atoms with Crippen LogP contribution in [0.4, 0.5) is 5.69 Å². The maximum atomic E-state index is 5.73. The average molecular weight is 306 g/mol. The second kappa shape index (κ2) is 6.18. The summed E-state index contributed by atoms with van der Waals surface area (Å²) in [6.45, 7) is 5.85. The minimum absolute atomic E-state index is 0.109. The van der Waals surface area contributed by atoms with Crippen molar-refractivity contribution >= 4 is 22.6 Å². The van der Waals surface area contributed by atoms with Gasteiger partial charge in [-0.3, -0.25) is 4.99 Å². The Balaban J connectivity index is 1.75. The van der Waals surface area contributed by atoms with Crippen LogP contribution in [0.2, 0.25) is 0 Å². The van der Waals surface area contributed by atoms with Crippen molar-refractivity contribution in [3.05, 3.63) is 18.2 Å². The van der Waals surface area contributed by atoms with E-state index in [0.717, 1.165) is 54.0 Å². The fraction of sp³-hybridized carbons (Fsp3) is 0.562. The highest BCUT2D eigenvalue weighted by molar-refractivity contribution is 8.14. The summed E-state index contributed by atoms with van der Waals surface area (Å²) >= 11 is 1.80. The molecule has 0 saturated carbocycles. The van der Waals surface area contributed by atoms with Crippen LogP contribution in [-0.4, -0.2) is 29.7 Å². The highest BCUT2D eigenvalue weighted by Gasteiger charge is 2.32. The summed E-state index contributed by atoms with van der Waals surface area (Å²) in [6, 6.07) is 5.99. The van der Waals surface area contributed by atoms with Gasteiger partial charge in [-0.1, -0.05) is 25.6 Å². The van der Waals surface area contributed by atoms with Crippen LogP contribution in [-0.2, 0) is 0 Å². The molecule has 0 fully saturated rings. The molecule has 1 aromatic carbocycles. The quantitative estimate of drug-likeness (QED) is 0.919. The third kappa shape index (κ3) is 3.12. The third-order valence-corrected chi connectivity index (χ3v) is 5.28. The fourth-order valence-corrected chi connectivity index (χ4v) is 3.85. The van der Waals surface area contributed by atoms with E-state index < -0.39 is 0 Å². The van der Waals surface area contributed by atoms with E-state index in [9.17, 15) is 0 Å². The molecule has 21 heavy (non-hydrogen) atoms. The van der Waals surface area contributed by atoms with Gasteiger partial charge < -0.3 is 14.8 Å². The number of nitrogens with zero attached hydrogens (tertiary/aromatic N) is 1. The van der Waals surface area contributed by atoms with Crippen molar-refractivity contribution in [2.45, 2.75) is 38.6 Å². The number of benzene rings is 1. The monoisotopic (exact) mass is 306 g/mol. The summed E-state index contributed by atoms with van der Waals surface area (Å²) in [5.74, 6) is 2.71. The number of amidine groups is 1. The van der Waals surface area contributed by atoms with Crippen LogP contribution in [0.25, 0.3) is 0 Å². The van der Waals surface area contributed by atoms with E-state index in [4.69, 9.17) is 14.5 Å². The Bertz CT molecular complexity index is 541. The summed E-state index contributed by atoms with van der Waals surface area (Å²) in [6.07, 6.45) is 3.10. The van der Waals surface area contributed by atoms with Crippen LogP contribution >= 0.6 is 11.8 Å². The van der Waals surface area contributed by atoms with Gasteiger partial charge in [0.05, 0.1) is 18.8 Å². The van der Waals surface area contributed by atoms with Gasteiger partial charge in [-0.05, 0) is 25.0 Å². The lowest BCUT2D eigenvalue weighted by atomic mass is 9.97. The molecule has 5 heteroatoms. The van der Waals surface area contributed by atoms with Gasteiger partial charge in [-0.15, -0.1) is 0 Å². The van der Waals surface area contributed by atoms with E-state index in [1.54, 1.807) is 11.8 Å². The zero-order chi connectivity index (χ0) is 14.7. The molecule has 0 aliphatic carbocycles. The Morgan fingerprint density at radius 3 is 2.67 bits per heavy atom. The van der Waals surface area contributed by atoms with Crippen molar-refractivity contribution in [1.29, 1.82) is 0 Å². The van der Waals surface area contributed by atoms with Crippen LogP contribution in [0, 0.1) is 0 Å². The summed E-state index contributed by atoms with van der Waals surface area (Å²) < 4.78 is 11.4. The van der Waals surface area contributed by atoms with Crippen molar-refractivity contribution in [3.63, 3.8) is 0 Å². The van der Waals surface area contributed by atoms with Gasteiger partial charge in [0.1, 0.15) is 0 Å². The van der Waals surface area contributed by atoms with E-state index in [0.29, 0.717) is 6.61 Å². The predicted octanol–water partition coefficient (Wildman–Crippen LogP) is 3.92. The van der Waals surface area contributed by atoms with Crippen LogP contribution in [0.5, 0.6) is 11.5 Å². The zero-order valence-corrected chi connectivity index (χ0v) is 13.5. The van der Waals surface area contributed by atoms with E-state index in [2.05, 4.69) is 19.2 Å². The van der Waals surface area contributed by atoms with Gasteiger partial charge in [0.2, 0.25) is 0 Å². The molecule has 0 unspecified atom stereocenters. The van der Waals surface area contributed by atoms with Crippen molar-refractivity contribution in [3.8, 4) is 11.5 Å². The van der Waals surface area contributed by atoms with Gasteiger partial charge in [-0.25, -0.2) is 0 Å². The summed E-state index contributed by atoms with van der Waals surface area (Å²) in [5.41, 5.74) is 1.12. The first-order valence-electron chi connectivity index (χ1n) is 7.64. The SMILES string of the molecule is CCC1(CC)CSC(Nc2ccc3c(c2)OCCCO3)=N1. The predicted molar refractivity (Wildman–Crippen MR) is 88.9 cm³/mol. The third-order valence-electron chi connectivity index (χ3n) is 4.13. The van der Waals surface area contributed by atoms with Gasteiger partial charge in [-0.2, -0.15) is 0 Å². The molecule has 3 rings (SSSR count). The number of nitrogens with one attached hydrogen (secondary N) is 1. The Labute approximate surface area is 130 Å². The van der Waals surface area contributed by atoms with E-state index in [-0.39, 0.29) is 5.54 Å². The normalized spacial score (nSPS) is 19.8. The standard InChI is InChI=1S/C16H22N2O2S/c1-3-16(4-2)11-21-15(18-16)17-12-6-7-13-14(10-12)20-9-5-8-19-13/h6-7,10H,3-5,8-9,11H2,1-2H3,(H,17,18). The van der Waals surface area contributed by atoms with Crippen molar-refractivity contribution in [1.82, 2.24) is 0 Å². The molecule has 0 amide bonds. The van der Waals surface area contributed by atoms with Crippen LogP contribution in [0.3, 0.4) is 0 Å². The van der Waals surface area contributed by atoms with Crippen LogP contribution in [0.1, 0.15) is 33.1 Å². The smallest absolute Gasteiger partial charge is 0.163 e. The number of ether oxygens (including phenoxy) is 2. The fourth-order valence-electron chi connectivity index (χ4n) is 2.52. The van der Waals surface area contributed by atoms with Crippen molar-refractivity contribution in [2.75, 3.05) is 24.3 Å². The lowest BCUT2D eigenvalue weighted by molar-refractivity contribution is 0.297. The van der Waals surface area contributed by atoms with Crippen LogP contribution in [0.15, 0.2) is 23.2 Å². The number of anilines is 1. The number of hydrogen-bond acceptors (Lipinski definition) is 5. The highest BCUT2D eigenvalue weighted by Crippen LogP contribution is 2.36. The molecule has 0 spiro atoms. The molecule has 0 saturated heterocycles. The van der Waals surface area contributed by atoms with E-state index in [1.807, 2.05) is 18.2 Å². The summed E-state index contributed by atoms with van der Waals surface area (Å²) in [5, 5.41) is 4.42. The topological polar surface area (TPSA) is 42.8 Å². The molecule has 1 N–H and O–H groups in total. The molecular weight excluding hydrogens is 284 g/mol. The van der Waals surface area contributed by atoms with E-state index >= 15 is 0 Å². The molecule has 2 aliphatic rings. The summed E-state index contributed by atoms with van der Waals surface area (Å²) in [4.78, 5) is 4.88. The first-order chi connectivity index (χ1) is 10.2. The molecule has 2 heterocycles. The number of aliphatic imine (C=N–C) groups is 1. The van der Waals surface area contributed by atoms with Gasteiger partial charge >= 0.3 is 0 Å². The second-order valence-corrected chi connectivity index (χ2v) is 6.44. The lowest BCUT2D eigenvalue weighted by Crippen LogP contribution is -2.24. The molecular formula is C16H22N2O2S. The molecule has 114 valence electrons. The Morgan fingerprint density at radius 2 is 1.95 bits per heavy atom. The minimum atomic E-state index is 0.109. The van der Waals surface area contributed by atoms with Gasteiger partial charge in [0.25, 0.3) is 0 Å². The Hall–Kier alpha value is -1.36. The van der Waals surface area contributed by atoms with Gasteiger partial charge in [0.15, 0.2) is 16.7 Å². The highest BCUT2D eigenvalue weighted by atomic mass is 32.2. The summed E-state index contributed by atoms with van der Waals surface area (Å²) in [7, 11) is 0. The maximum absolute atomic E-state index is 5.73. The minimum Gasteiger partial charge on any atom is -0.490 e. The zero-order valence-electron chi connectivity index (χ0n) is 12.6. The number of hydrogen-bond donors (Lipinski definition) is 1. The number of thioether (sulfide) groups is 1. The molecule has 0 aromatic heterocycles. The van der Waals surface area contributed by atoms with Crippen molar-refractivity contribution in [2.24, 2.45) is 4.99 Å². The Morgan fingerprint density at radius 1 is 1.19 bits per heavy atom.